The van der Waals surface area contributed by atoms with Crippen molar-refractivity contribution in [2.75, 3.05) is 7.05 Å². The van der Waals surface area contributed by atoms with Gasteiger partial charge in [-0.2, -0.15) is 0 Å². The van der Waals surface area contributed by atoms with Gasteiger partial charge in [-0.05, 0) is 24.7 Å². The molecule has 0 spiro atoms. The quantitative estimate of drug-likeness (QED) is 0.726. The van der Waals surface area contributed by atoms with Gasteiger partial charge >= 0.3 is 5.97 Å². The number of aliphatic hydroxyl groups is 1. The first-order chi connectivity index (χ1) is 9.75. The van der Waals surface area contributed by atoms with Gasteiger partial charge in [0, 0.05) is 18.4 Å². The number of fused-ring (bicyclic) bond motifs is 4. The van der Waals surface area contributed by atoms with Crippen LogP contribution < -0.4 is 0 Å². The predicted molar refractivity (Wildman–Crippen MR) is 74.0 cm³/mol. The fourth-order valence-electron chi connectivity index (χ4n) is 6.13. The fraction of sp³-hybridized carbons (Fsp3) is 0.875. The van der Waals surface area contributed by atoms with Crippen molar-refractivity contribution in [3.8, 4) is 0 Å². The standard InChI is InChI=1S/C16H23NO4/c1-7(2)9-10-8-5-6-16(20)14(19)17(4)12(15(8,16)3)11(9)21-13(10)18/h7-12,20H,5-6H2,1-4H3/t8-,9-,10-,11-,12+,15-,16-/m0/s1. The lowest BCUT2D eigenvalue weighted by molar-refractivity contribution is -0.150. The fourth-order valence-corrected chi connectivity index (χ4v) is 6.13. The molecule has 0 aromatic carbocycles. The summed E-state index contributed by atoms with van der Waals surface area (Å²) in [6, 6.07) is -0.197. The summed E-state index contributed by atoms with van der Waals surface area (Å²) in [4.78, 5) is 26.7. The number of carbonyl (C=O) groups is 2. The van der Waals surface area contributed by atoms with Crippen molar-refractivity contribution < 1.29 is 19.4 Å². The Morgan fingerprint density at radius 1 is 1.38 bits per heavy atom. The summed E-state index contributed by atoms with van der Waals surface area (Å²) in [6.45, 7) is 6.23. The lowest BCUT2D eigenvalue weighted by Crippen LogP contribution is -2.60. The summed E-state index contributed by atoms with van der Waals surface area (Å²) >= 11 is 0. The van der Waals surface area contributed by atoms with Crippen LogP contribution in [0.3, 0.4) is 0 Å². The Morgan fingerprint density at radius 2 is 2.05 bits per heavy atom. The van der Waals surface area contributed by atoms with Crippen molar-refractivity contribution in [3.63, 3.8) is 0 Å². The van der Waals surface area contributed by atoms with Crippen LogP contribution in [-0.2, 0) is 14.3 Å². The topological polar surface area (TPSA) is 66.8 Å². The van der Waals surface area contributed by atoms with Crippen LogP contribution in [-0.4, -0.2) is 46.7 Å². The Kier molecular flexibility index (Phi) is 2.34. The number of carbonyl (C=O) groups excluding carboxylic acids is 2. The van der Waals surface area contributed by atoms with Gasteiger partial charge in [0.1, 0.15) is 6.10 Å². The van der Waals surface area contributed by atoms with E-state index in [9.17, 15) is 14.7 Å². The molecule has 0 unspecified atom stereocenters. The van der Waals surface area contributed by atoms with Crippen LogP contribution in [0.4, 0.5) is 0 Å². The van der Waals surface area contributed by atoms with E-state index in [-0.39, 0.29) is 41.8 Å². The summed E-state index contributed by atoms with van der Waals surface area (Å²) in [5.74, 6) is 0.0442. The molecule has 4 rings (SSSR count). The maximum Gasteiger partial charge on any atom is 0.310 e. The van der Waals surface area contributed by atoms with Crippen molar-refractivity contribution in [3.05, 3.63) is 0 Å². The Hall–Kier alpha value is -1.10. The van der Waals surface area contributed by atoms with E-state index in [1.54, 1.807) is 11.9 Å². The number of esters is 1. The highest BCUT2D eigenvalue weighted by molar-refractivity contribution is 5.91. The zero-order chi connectivity index (χ0) is 15.3. The van der Waals surface area contributed by atoms with Gasteiger partial charge < -0.3 is 14.7 Å². The molecule has 2 aliphatic carbocycles. The van der Waals surface area contributed by atoms with Gasteiger partial charge in [0.2, 0.25) is 0 Å². The first-order valence-corrected chi connectivity index (χ1v) is 7.95. The molecule has 116 valence electrons. The molecule has 0 aromatic heterocycles. The highest BCUT2D eigenvalue weighted by Crippen LogP contribution is 2.68. The highest BCUT2D eigenvalue weighted by Gasteiger charge is 2.79. The van der Waals surface area contributed by atoms with Crippen LogP contribution in [0.2, 0.25) is 0 Å². The molecular weight excluding hydrogens is 270 g/mol. The maximum atomic E-state index is 12.6. The molecule has 2 heterocycles. The van der Waals surface area contributed by atoms with Crippen LogP contribution in [0, 0.1) is 29.1 Å². The van der Waals surface area contributed by atoms with E-state index in [4.69, 9.17) is 4.74 Å². The second kappa shape index (κ2) is 3.62. The maximum absolute atomic E-state index is 12.6. The minimum Gasteiger partial charge on any atom is -0.460 e. The molecule has 2 bridgehead atoms. The van der Waals surface area contributed by atoms with Gasteiger partial charge in [-0.1, -0.05) is 20.8 Å². The zero-order valence-corrected chi connectivity index (χ0v) is 13.0. The van der Waals surface area contributed by atoms with Crippen LogP contribution in [0.1, 0.15) is 33.6 Å². The Morgan fingerprint density at radius 3 is 2.67 bits per heavy atom. The molecular formula is C16H23NO4. The minimum absolute atomic E-state index is 0.0417. The molecule has 5 nitrogen and oxygen atoms in total. The predicted octanol–water partition coefficient (Wildman–Crippen LogP) is 0.802. The third-order valence-electron chi connectivity index (χ3n) is 7.02. The largest absolute Gasteiger partial charge is 0.460 e. The lowest BCUT2D eigenvalue weighted by atomic mass is 9.54. The lowest BCUT2D eigenvalue weighted by Gasteiger charge is -2.49. The third-order valence-corrected chi connectivity index (χ3v) is 7.02. The summed E-state index contributed by atoms with van der Waals surface area (Å²) in [5.41, 5.74) is -1.88. The van der Waals surface area contributed by atoms with E-state index in [1.165, 1.54) is 0 Å². The van der Waals surface area contributed by atoms with E-state index >= 15 is 0 Å². The highest BCUT2D eigenvalue weighted by atomic mass is 16.6. The molecule has 5 heteroatoms. The molecule has 2 saturated heterocycles. The van der Waals surface area contributed by atoms with E-state index in [0.29, 0.717) is 12.3 Å². The summed E-state index contributed by atoms with van der Waals surface area (Å²) in [6.07, 6.45) is 0.929. The molecule has 0 radical (unpaired) electrons. The average Bonchev–Trinajstić information content (AvgIpc) is 2.89. The van der Waals surface area contributed by atoms with E-state index in [2.05, 4.69) is 13.8 Å². The van der Waals surface area contributed by atoms with Crippen LogP contribution in [0.25, 0.3) is 0 Å². The Balaban J connectivity index is 1.92. The van der Waals surface area contributed by atoms with Gasteiger partial charge in [-0.15, -0.1) is 0 Å². The number of hydrogen-bond donors (Lipinski definition) is 1. The Bertz CT molecular complexity index is 546. The van der Waals surface area contributed by atoms with E-state index in [0.717, 1.165) is 6.42 Å². The summed E-state index contributed by atoms with van der Waals surface area (Å²) in [5, 5.41) is 11.1. The number of likely N-dealkylation sites (N-methyl/N-ethyl adjacent to an activating group) is 1. The Labute approximate surface area is 124 Å². The second-order valence-corrected chi connectivity index (χ2v) is 7.90. The van der Waals surface area contributed by atoms with E-state index < -0.39 is 11.0 Å². The van der Waals surface area contributed by atoms with Crippen LogP contribution in [0.15, 0.2) is 0 Å². The SMILES string of the molecule is CC(C)[C@@H]1[C@@H]2OC(=O)[C@H]1[C@@H]1CC[C@]3(O)C(=O)N(C)[C@H]2[C@]13C. The first-order valence-electron chi connectivity index (χ1n) is 7.95. The monoisotopic (exact) mass is 293 g/mol. The van der Waals surface area contributed by atoms with Gasteiger partial charge in [0.05, 0.1) is 12.0 Å². The van der Waals surface area contributed by atoms with E-state index in [1.807, 2.05) is 6.92 Å². The zero-order valence-electron chi connectivity index (χ0n) is 13.0. The van der Waals surface area contributed by atoms with Crippen LogP contribution >= 0.6 is 0 Å². The van der Waals surface area contributed by atoms with Crippen molar-refractivity contribution in [2.45, 2.75) is 51.4 Å². The molecule has 0 aromatic rings. The smallest absolute Gasteiger partial charge is 0.310 e. The van der Waals surface area contributed by atoms with Gasteiger partial charge in [-0.3, -0.25) is 9.59 Å². The number of ether oxygens (including phenoxy) is 1. The molecule has 1 amide bonds. The second-order valence-electron chi connectivity index (χ2n) is 7.90. The molecule has 4 aliphatic rings. The molecule has 2 saturated carbocycles. The first kappa shape index (κ1) is 13.6. The van der Waals surface area contributed by atoms with Crippen molar-refractivity contribution >= 4 is 11.9 Å². The van der Waals surface area contributed by atoms with Crippen molar-refractivity contribution in [1.29, 1.82) is 0 Å². The molecule has 21 heavy (non-hydrogen) atoms. The van der Waals surface area contributed by atoms with Crippen molar-refractivity contribution in [2.24, 2.45) is 29.1 Å². The minimum atomic E-state index is -1.32. The molecule has 4 fully saturated rings. The van der Waals surface area contributed by atoms with Gasteiger partial charge in [-0.25, -0.2) is 0 Å². The third kappa shape index (κ3) is 1.17. The molecule has 2 aliphatic heterocycles. The molecule has 7 atom stereocenters. The number of hydrogen-bond acceptors (Lipinski definition) is 4. The van der Waals surface area contributed by atoms with Gasteiger partial charge in [0.15, 0.2) is 5.60 Å². The molecule has 1 N–H and O–H groups in total. The summed E-state index contributed by atoms with van der Waals surface area (Å²) in [7, 11) is 1.75. The van der Waals surface area contributed by atoms with Crippen LogP contribution in [0.5, 0.6) is 0 Å². The number of nitrogens with zero attached hydrogens (tertiary/aromatic N) is 1. The van der Waals surface area contributed by atoms with Gasteiger partial charge in [0.25, 0.3) is 5.91 Å². The average molecular weight is 293 g/mol. The normalized spacial score (nSPS) is 54.4. The number of rotatable bonds is 1. The number of amides is 1. The number of likely N-dealkylation sites (tertiary alicyclic amines) is 1. The van der Waals surface area contributed by atoms with Crippen molar-refractivity contribution in [1.82, 2.24) is 4.90 Å². The summed E-state index contributed by atoms with van der Waals surface area (Å²) < 4.78 is 5.71.